The Labute approximate surface area is 83.8 Å². The van der Waals surface area contributed by atoms with Crippen LogP contribution in [0.5, 0.6) is 0 Å². The maximum Gasteiger partial charge on any atom is 0.271 e. The van der Waals surface area contributed by atoms with Gasteiger partial charge in [0, 0.05) is 0 Å². The lowest BCUT2D eigenvalue weighted by molar-refractivity contribution is 0.237. The Balaban J connectivity index is 2.60. The van der Waals surface area contributed by atoms with Crippen LogP contribution in [0.2, 0.25) is 0 Å². The Bertz CT molecular complexity index is 405. The largest absolute Gasteiger partial charge is 0.271 e. The van der Waals surface area contributed by atoms with E-state index in [1.165, 1.54) is 6.08 Å². The zero-order valence-electron chi connectivity index (χ0n) is 7.55. The van der Waals surface area contributed by atoms with Crippen molar-refractivity contribution in [2.24, 2.45) is 0 Å². The molecule has 7 heteroatoms. The van der Waals surface area contributed by atoms with E-state index in [-0.39, 0.29) is 23.7 Å². The minimum Gasteiger partial charge on any atom is -0.265 e. The molecule has 0 N–H and O–H groups in total. The first-order valence-electron chi connectivity index (χ1n) is 4.07. The molecule has 0 spiro atoms. The zero-order chi connectivity index (χ0) is 10.8. The van der Waals surface area contributed by atoms with Crippen molar-refractivity contribution in [3.63, 3.8) is 0 Å². The van der Waals surface area contributed by atoms with Crippen LogP contribution >= 0.6 is 0 Å². The molecule has 1 aliphatic rings. The molecule has 0 bridgehead atoms. The van der Waals surface area contributed by atoms with E-state index in [1.807, 2.05) is 0 Å². The molecule has 0 aromatic carbocycles. The first-order valence-corrected chi connectivity index (χ1v) is 7.47. The van der Waals surface area contributed by atoms with Gasteiger partial charge in [-0.25, -0.2) is 8.42 Å². The van der Waals surface area contributed by atoms with Gasteiger partial charge in [-0.05, 0) is 6.42 Å². The van der Waals surface area contributed by atoms with Gasteiger partial charge < -0.3 is 0 Å². The molecule has 82 valence electrons. The lowest BCUT2D eigenvalue weighted by atomic mass is 10.3. The highest BCUT2D eigenvalue weighted by Crippen LogP contribution is 2.17. The topological polar surface area (TPSA) is 77.5 Å². The third-order valence-electron chi connectivity index (χ3n) is 1.80. The Morgan fingerprint density at radius 3 is 2.57 bits per heavy atom. The van der Waals surface area contributed by atoms with E-state index in [1.54, 1.807) is 0 Å². The summed E-state index contributed by atoms with van der Waals surface area (Å²) in [4.78, 5) is 0. The SMILES string of the molecule is C=CCS(=O)(=O)OC1CCS(=O)(=O)C1. The molecule has 1 saturated heterocycles. The highest BCUT2D eigenvalue weighted by molar-refractivity contribution is 7.91. The fraction of sp³-hybridized carbons (Fsp3) is 0.714. The van der Waals surface area contributed by atoms with Gasteiger partial charge in [0.25, 0.3) is 10.1 Å². The summed E-state index contributed by atoms with van der Waals surface area (Å²) in [6.07, 6.45) is 0.738. The second-order valence-electron chi connectivity index (χ2n) is 3.13. The highest BCUT2D eigenvalue weighted by atomic mass is 32.2. The van der Waals surface area contributed by atoms with Crippen LogP contribution in [0.25, 0.3) is 0 Å². The molecule has 1 atom stereocenters. The van der Waals surface area contributed by atoms with Crippen molar-refractivity contribution in [1.82, 2.24) is 0 Å². The lowest BCUT2D eigenvalue weighted by Crippen LogP contribution is -2.21. The van der Waals surface area contributed by atoms with Crippen molar-refractivity contribution in [3.05, 3.63) is 12.7 Å². The minimum absolute atomic E-state index is 0.00127. The molecule has 5 nitrogen and oxygen atoms in total. The summed E-state index contributed by atoms with van der Waals surface area (Å²) in [5.41, 5.74) is 0. The summed E-state index contributed by atoms with van der Waals surface area (Å²) < 4.78 is 48.9. The summed E-state index contributed by atoms with van der Waals surface area (Å²) in [5, 5.41) is 0. The molecule has 1 fully saturated rings. The quantitative estimate of drug-likeness (QED) is 0.498. The zero-order valence-corrected chi connectivity index (χ0v) is 9.18. The first-order chi connectivity index (χ1) is 6.35. The van der Waals surface area contributed by atoms with Crippen molar-refractivity contribution in [3.8, 4) is 0 Å². The Hall–Kier alpha value is -0.400. The van der Waals surface area contributed by atoms with Crippen LogP contribution in [0.4, 0.5) is 0 Å². The van der Waals surface area contributed by atoms with Gasteiger partial charge in [0.2, 0.25) is 0 Å². The van der Waals surface area contributed by atoms with E-state index in [9.17, 15) is 16.8 Å². The van der Waals surface area contributed by atoms with Gasteiger partial charge in [0.1, 0.15) is 0 Å². The first kappa shape index (κ1) is 11.7. The Morgan fingerprint density at radius 1 is 1.50 bits per heavy atom. The third-order valence-corrected chi connectivity index (χ3v) is 4.74. The van der Waals surface area contributed by atoms with Crippen LogP contribution in [0, 0.1) is 0 Å². The second-order valence-corrected chi connectivity index (χ2v) is 7.00. The normalized spacial score (nSPS) is 26.1. The molecule has 0 amide bonds. The lowest BCUT2D eigenvalue weighted by Gasteiger charge is -2.08. The van der Waals surface area contributed by atoms with Crippen molar-refractivity contribution in [2.45, 2.75) is 12.5 Å². The van der Waals surface area contributed by atoms with Gasteiger partial charge in [0.05, 0.1) is 23.4 Å². The van der Waals surface area contributed by atoms with Crippen LogP contribution in [0.1, 0.15) is 6.42 Å². The highest BCUT2D eigenvalue weighted by Gasteiger charge is 2.31. The van der Waals surface area contributed by atoms with Gasteiger partial charge in [-0.2, -0.15) is 8.42 Å². The van der Waals surface area contributed by atoms with Gasteiger partial charge in [0.15, 0.2) is 9.84 Å². The summed E-state index contributed by atoms with van der Waals surface area (Å²) in [6.45, 7) is 3.27. The summed E-state index contributed by atoms with van der Waals surface area (Å²) in [5.74, 6) is -0.492. The molecular weight excluding hydrogens is 228 g/mol. The van der Waals surface area contributed by atoms with Crippen molar-refractivity contribution >= 4 is 20.0 Å². The summed E-state index contributed by atoms with van der Waals surface area (Å²) >= 11 is 0. The van der Waals surface area contributed by atoms with Gasteiger partial charge in [-0.1, -0.05) is 6.08 Å². The second kappa shape index (κ2) is 4.00. The predicted molar refractivity (Wildman–Crippen MR) is 52.1 cm³/mol. The maximum atomic E-state index is 11.1. The average molecular weight is 240 g/mol. The third kappa shape index (κ3) is 3.39. The predicted octanol–water partition coefficient (Wildman–Crippen LogP) is -0.294. The van der Waals surface area contributed by atoms with Gasteiger partial charge >= 0.3 is 0 Å². The molecule has 0 aliphatic carbocycles. The van der Waals surface area contributed by atoms with Crippen LogP contribution in [-0.2, 0) is 24.1 Å². The van der Waals surface area contributed by atoms with Crippen LogP contribution < -0.4 is 0 Å². The Kier molecular flexibility index (Phi) is 3.33. The number of sulfone groups is 1. The molecule has 1 rings (SSSR count). The molecule has 0 aromatic heterocycles. The standard InChI is InChI=1S/C7H12O5S2/c1-2-4-14(10,11)12-7-3-5-13(8,9)6-7/h2,7H,1,3-6H2. The van der Waals surface area contributed by atoms with Crippen molar-refractivity contribution < 1.29 is 21.0 Å². The van der Waals surface area contributed by atoms with Gasteiger partial charge in [-0.3, -0.25) is 4.18 Å². The summed E-state index contributed by atoms with van der Waals surface area (Å²) in [7, 11) is -6.75. The Morgan fingerprint density at radius 2 is 2.14 bits per heavy atom. The molecule has 1 unspecified atom stereocenters. The molecule has 0 saturated carbocycles. The van der Waals surface area contributed by atoms with E-state index in [0.29, 0.717) is 0 Å². The van der Waals surface area contributed by atoms with Crippen molar-refractivity contribution in [2.75, 3.05) is 17.3 Å². The van der Waals surface area contributed by atoms with E-state index in [0.717, 1.165) is 0 Å². The van der Waals surface area contributed by atoms with E-state index in [4.69, 9.17) is 4.18 Å². The fourth-order valence-corrected chi connectivity index (χ4v) is 3.85. The van der Waals surface area contributed by atoms with Crippen molar-refractivity contribution in [1.29, 1.82) is 0 Å². The van der Waals surface area contributed by atoms with Gasteiger partial charge in [-0.15, -0.1) is 6.58 Å². The summed E-state index contributed by atoms with van der Waals surface area (Å²) in [6, 6.07) is 0. The van der Waals surface area contributed by atoms with Crippen LogP contribution in [0.15, 0.2) is 12.7 Å². The maximum absolute atomic E-state index is 11.1. The van der Waals surface area contributed by atoms with E-state index in [2.05, 4.69) is 6.58 Å². The van der Waals surface area contributed by atoms with E-state index < -0.39 is 26.1 Å². The number of rotatable bonds is 4. The molecule has 0 radical (unpaired) electrons. The molecule has 1 heterocycles. The molecular formula is C7H12O5S2. The molecule has 1 aliphatic heterocycles. The fourth-order valence-electron chi connectivity index (χ4n) is 1.23. The number of hydrogen-bond donors (Lipinski definition) is 0. The van der Waals surface area contributed by atoms with E-state index >= 15 is 0 Å². The number of hydrogen-bond acceptors (Lipinski definition) is 5. The minimum atomic E-state index is -3.65. The average Bonchev–Trinajstić information content (AvgIpc) is 2.28. The van der Waals surface area contributed by atoms with Crippen LogP contribution in [0.3, 0.4) is 0 Å². The molecule has 14 heavy (non-hydrogen) atoms. The molecule has 0 aromatic rings. The smallest absolute Gasteiger partial charge is 0.265 e. The monoisotopic (exact) mass is 240 g/mol. The van der Waals surface area contributed by atoms with Crippen LogP contribution in [-0.4, -0.2) is 40.2 Å².